The van der Waals surface area contributed by atoms with Gasteiger partial charge in [-0.3, -0.25) is 14.9 Å². The molecule has 1 aromatic carbocycles. The molecule has 0 aliphatic heterocycles. The highest BCUT2D eigenvalue weighted by Crippen LogP contribution is 2.09. The minimum absolute atomic E-state index is 0.206. The number of benzene rings is 1. The van der Waals surface area contributed by atoms with Crippen molar-refractivity contribution in [3.05, 3.63) is 35.6 Å². The molecule has 154 valence electrons. The van der Waals surface area contributed by atoms with Crippen LogP contribution in [0, 0.1) is 11.7 Å². The molecule has 28 heavy (non-hydrogen) atoms. The Kier molecular flexibility index (Phi) is 9.63. The van der Waals surface area contributed by atoms with E-state index in [1.807, 2.05) is 12.2 Å². The lowest BCUT2D eigenvalue weighted by atomic mass is 10.0. The van der Waals surface area contributed by atoms with Crippen LogP contribution in [-0.2, 0) is 14.3 Å². The summed E-state index contributed by atoms with van der Waals surface area (Å²) in [7, 11) is 0. The fourth-order valence-corrected chi connectivity index (χ4v) is 2.17. The van der Waals surface area contributed by atoms with Gasteiger partial charge in [0.1, 0.15) is 11.9 Å². The summed E-state index contributed by atoms with van der Waals surface area (Å²) < 4.78 is 18.6. The Bertz CT molecular complexity index is 709. The van der Waals surface area contributed by atoms with Gasteiger partial charge >= 0.3 is 12.0 Å². The molecule has 0 saturated carbocycles. The fraction of sp³-hybridized carbons (Fsp3) is 0.474. The van der Waals surface area contributed by atoms with E-state index in [2.05, 4.69) is 10.6 Å². The zero-order valence-corrected chi connectivity index (χ0v) is 16.2. The van der Waals surface area contributed by atoms with Crippen LogP contribution in [0.2, 0.25) is 0 Å². The number of hydrogen-bond acceptors (Lipinski definition) is 5. The molecule has 0 spiro atoms. The average Bonchev–Trinajstić information content (AvgIpc) is 2.64. The van der Waals surface area contributed by atoms with Crippen LogP contribution < -0.4 is 16.0 Å². The van der Waals surface area contributed by atoms with Crippen LogP contribution >= 0.6 is 0 Å². The molecule has 0 heterocycles. The van der Waals surface area contributed by atoms with Crippen LogP contribution in [-0.4, -0.2) is 43.0 Å². The van der Waals surface area contributed by atoms with E-state index in [4.69, 9.17) is 4.74 Å². The highest BCUT2D eigenvalue weighted by Gasteiger charge is 2.27. The first-order chi connectivity index (χ1) is 13.3. The largest absolute Gasteiger partial charge is 0.454 e. The second-order valence-electron chi connectivity index (χ2n) is 6.44. The van der Waals surface area contributed by atoms with Crippen molar-refractivity contribution in [3.8, 4) is 0 Å². The maximum absolute atomic E-state index is 13.7. The molecule has 1 atom stereocenters. The number of halogens is 1. The summed E-state index contributed by atoms with van der Waals surface area (Å²) in [6.07, 6.45) is 1.66. The Labute approximate surface area is 163 Å². The van der Waals surface area contributed by atoms with Crippen LogP contribution in [0.5, 0.6) is 0 Å². The van der Waals surface area contributed by atoms with Crippen molar-refractivity contribution in [2.75, 3.05) is 13.2 Å². The van der Waals surface area contributed by atoms with E-state index >= 15 is 0 Å². The molecule has 0 bridgehead atoms. The van der Waals surface area contributed by atoms with Crippen molar-refractivity contribution in [2.24, 2.45) is 5.92 Å². The number of hydrogen-bond donors (Lipinski definition) is 3. The van der Waals surface area contributed by atoms with E-state index in [0.29, 0.717) is 6.54 Å². The van der Waals surface area contributed by atoms with Gasteiger partial charge in [-0.1, -0.05) is 39.3 Å². The Hall–Kier alpha value is -2.97. The summed E-state index contributed by atoms with van der Waals surface area (Å²) in [4.78, 5) is 47.6. The van der Waals surface area contributed by atoms with E-state index in [1.165, 1.54) is 18.2 Å². The maximum atomic E-state index is 13.7. The molecule has 0 saturated heterocycles. The molecule has 0 radical (unpaired) electrons. The number of carbonyl (C=O) groups is 4. The molecular weight excluding hydrogens is 369 g/mol. The zero-order chi connectivity index (χ0) is 21.1. The molecule has 0 aliphatic rings. The molecule has 1 rings (SSSR count). The number of ether oxygens (including phenoxy) is 1. The van der Waals surface area contributed by atoms with Crippen LogP contribution in [0.1, 0.15) is 44.0 Å². The van der Waals surface area contributed by atoms with E-state index in [0.717, 1.165) is 18.9 Å². The van der Waals surface area contributed by atoms with E-state index in [9.17, 15) is 23.6 Å². The van der Waals surface area contributed by atoms with Crippen LogP contribution in [0.3, 0.4) is 0 Å². The molecule has 0 aromatic heterocycles. The van der Waals surface area contributed by atoms with Crippen molar-refractivity contribution in [3.63, 3.8) is 0 Å². The SMILES string of the molecule is CCCCNC(=O)NC(=O)COC(=O)[C@@H](NC(=O)c1ccccc1F)C(C)C. The quantitative estimate of drug-likeness (QED) is 0.435. The van der Waals surface area contributed by atoms with Gasteiger partial charge in [0.05, 0.1) is 5.56 Å². The Morgan fingerprint density at radius 3 is 2.43 bits per heavy atom. The number of unbranched alkanes of at least 4 members (excludes halogenated alkanes) is 1. The number of urea groups is 1. The predicted octanol–water partition coefficient (Wildman–Crippen LogP) is 1.75. The summed E-state index contributed by atoms with van der Waals surface area (Å²) >= 11 is 0. The third-order valence-corrected chi connectivity index (χ3v) is 3.74. The van der Waals surface area contributed by atoms with E-state index in [1.54, 1.807) is 13.8 Å². The standard InChI is InChI=1S/C19H26FN3O5/c1-4-5-10-21-19(27)22-15(24)11-28-18(26)16(12(2)3)23-17(25)13-8-6-7-9-14(13)20/h6-9,12,16H,4-5,10-11H2,1-3H3,(H,23,25)(H2,21,22,24,27)/t16-/m0/s1. The monoisotopic (exact) mass is 395 g/mol. The number of rotatable bonds is 9. The number of carbonyl (C=O) groups excluding carboxylic acids is 4. The first-order valence-electron chi connectivity index (χ1n) is 9.06. The van der Waals surface area contributed by atoms with Crippen molar-refractivity contribution < 1.29 is 28.3 Å². The van der Waals surface area contributed by atoms with Crippen molar-refractivity contribution in [1.82, 2.24) is 16.0 Å². The van der Waals surface area contributed by atoms with Crippen LogP contribution in [0.25, 0.3) is 0 Å². The highest BCUT2D eigenvalue weighted by atomic mass is 19.1. The fourth-order valence-electron chi connectivity index (χ4n) is 2.17. The van der Waals surface area contributed by atoms with Gasteiger partial charge < -0.3 is 15.4 Å². The second-order valence-corrected chi connectivity index (χ2v) is 6.44. The molecule has 3 N–H and O–H groups in total. The van der Waals surface area contributed by atoms with Crippen molar-refractivity contribution in [1.29, 1.82) is 0 Å². The smallest absolute Gasteiger partial charge is 0.329 e. The Morgan fingerprint density at radius 1 is 1.14 bits per heavy atom. The third-order valence-electron chi connectivity index (χ3n) is 3.74. The highest BCUT2D eigenvalue weighted by molar-refractivity contribution is 5.98. The minimum Gasteiger partial charge on any atom is -0.454 e. The van der Waals surface area contributed by atoms with Crippen LogP contribution in [0.4, 0.5) is 9.18 Å². The van der Waals surface area contributed by atoms with Gasteiger partial charge in [-0.05, 0) is 24.5 Å². The lowest BCUT2D eigenvalue weighted by molar-refractivity contribution is -0.151. The number of nitrogens with one attached hydrogen (secondary N) is 3. The van der Waals surface area contributed by atoms with E-state index in [-0.39, 0.29) is 11.5 Å². The Balaban J connectivity index is 2.56. The number of esters is 1. The molecule has 1 aromatic rings. The van der Waals surface area contributed by atoms with Gasteiger partial charge in [0.15, 0.2) is 6.61 Å². The average molecular weight is 395 g/mol. The maximum Gasteiger partial charge on any atom is 0.329 e. The molecule has 0 fully saturated rings. The molecule has 8 nitrogen and oxygen atoms in total. The van der Waals surface area contributed by atoms with Gasteiger partial charge in [0, 0.05) is 6.54 Å². The lowest BCUT2D eigenvalue weighted by Crippen LogP contribution is -2.47. The van der Waals surface area contributed by atoms with Gasteiger partial charge in [-0.15, -0.1) is 0 Å². The van der Waals surface area contributed by atoms with E-state index < -0.39 is 42.3 Å². The predicted molar refractivity (Wildman–Crippen MR) is 99.9 cm³/mol. The van der Waals surface area contributed by atoms with Crippen molar-refractivity contribution in [2.45, 2.75) is 39.7 Å². The number of amides is 4. The molecule has 9 heteroatoms. The topological polar surface area (TPSA) is 114 Å². The lowest BCUT2D eigenvalue weighted by Gasteiger charge is -2.20. The summed E-state index contributed by atoms with van der Waals surface area (Å²) in [5.74, 6) is -3.52. The summed E-state index contributed by atoms with van der Waals surface area (Å²) in [5, 5.41) is 6.93. The Morgan fingerprint density at radius 2 is 1.82 bits per heavy atom. The van der Waals surface area contributed by atoms with Crippen LogP contribution in [0.15, 0.2) is 24.3 Å². The first kappa shape index (κ1) is 23.1. The van der Waals surface area contributed by atoms with Gasteiger partial charge in [0.25, 0.3) is 11.8 Å². The second kappa shape index (κ2) is 11.7. The summed E-state index contributed by atoms with van der Waals surface area (Å²) in [6, 6.07) is 3.60. The molecule has 0 unspecified atom stereocenters. The molecule has 0 aliphatic carbocycles. The van der Waals surface area contributed by atoms with Gasteiger partial charge in [-0.25, -0.2) is 14.0 Å². The summed E-state index contributed by atoms with van der Waals surface area (Å²) in [5.41, 5.74) is -0.206. The zero-order valence-electron chi connectivity index (χ0n) is 16.2. The third kappa shape index (κ3) is 7.73. The van der Waals surface area contributed by atoms with Gasteiger partial charge in [-0.2, -0.15) is 0 Å². The van der Waals surface area contributed by atoms with Crippen molar-refractivity contribution >= 4 is 23.8 Å². The molecular formula is C19H26FN3O5. The number of imide groups is 1. The minimum atomic E-state index is -1.08. The summed E-state index contributed by atoms with van der Waals surface area (Å²) in [6.45, 7) is 5.02. The normalized spacial score (nSPS) is 11.5. The first-order valence-corrected chi connectivity index (χ1v) is 9.06. The van der Waals surface area contributed by atoms with Gasteiger partial charge in [0.2, 0.25) is 0 Å². The molecule has 4 amide bonds.